The van der Waals surface area contributed by atoms with Gasteiger partial charge >= 0.3 is 0 Å². The molecule has 0 aliphatic heterocycles. The summed E-state index contributed by atoms with van der Waals surface area (Å²) in [6, 6.07) is 14.7. The fraction of sp³-hybridized carbons (Fsp3) is 0.0952. The molecule has 9 nitrogen and oxygen atoms in total. The minimum atomic E-state index is -0.514. The lowest BCUT2D eigenvalue weighted by Crippen LogP contribution is -2.24. The van der Waals surface area contributed by atoms with Crippen molar-refractivity contribution in [1.29, 1.82) is 0 Å². The van der Waals surface area contributed by atoms with Crippen LogP contribution in [0.4, 0.5) is 22.1 Å². The molecule has 0 atom stereocenters. The van der Waals surface area contributed by atoms with Gasteiger partial charge in [0.05, 0.1) is 26.1 Å². The number of nitrogens with two attached hydrogens (primary N) is 1. The van der Waals surface area contributed by atoms with Crippen LogP contribution >= 0.6 is 11.3 Å². The number of non-ortho nitro benzene ring substituents is 1. The van der Waals surface area contributed by atoms with Crippen molar-refractivity contribution in [2.24, 2.45) is 5.10 Å². The van der Waals surface area contributed by atoms with Gasteiger partial charge in [-0.3, -0.25) is 25.1 Å². The molecule has 3 aromatic rings. The van der Waals surface area contributed by atoms with Crippen molar-refractivity contribution in [3.8, 4) is 0 Å². The second-order valence-corrected chi connectivity index (χ2v) is 7.82. The first-order valence-electron chi connectivity index (χ1n) is 9.33. The van der Waals surface area contributed by atoms with E-state index < -0.39 is 10.8 Å². The number of para-hydroxylation sites is 1. The van der Waals surface area contributed by atoms with E-state index in [-0.39, 0.29) is 28.6 Å². The Balaban J connectivity index is 1.61. The lowest BCUT2D eigenvalue weighted by molar-refractivity contribution is -0.384. The number of rotatable bonds is 5. The number of nitro benzene ring substituents is 1. The molecule has 156 valence electrons. The molecular formula is C21H17N5O4S. The van der Waals surface area contributed by atoms with E-state index in [2.05, 4.69) is 15.8 Å². The van der Waals surface area contributed by atoms with Gasteiger partial charge in [-0.05, 0) is 36.2 Å². The van der Waals surface area contributed by atoms with Gasteiger partial charge in [0.15, 0.2) is 5.78 Å². The number of carbonyl (C=O) groups is 2. The van der Waals surface area contributed by atoms with Crippen LogP contribution in [0.2, 0.25) is 0 Å². The van der Waals surface area contributed by atoms with Crippen molar-refractivity contribution in [3.05, 3.63) is 80.7 Å². The van der Waals surface area contributed by atoms with Gasteiger partial charge in [-0.15, -0.1) is 11.3 Å². The van der Waals surface area contributed by atoms with E-state index in [0.29, 0.717) is 28.1 Å². The van der Waals surface area contributed by atoms with Crippen LogP contribution in [-0.4, -0.2) is 22.3 Å². The number of hydrogen-bond acceptors (Lipinski definition) is 8. The molecule has 0 radical (unpaired) electrons. The van der Waals surface area contributed by atoms with Gasteiger partial charge in [0.25, 0.3) is 11.6 Å². The minimum absolute atomic E-state index is 0.0734. The van der Waals surface area contributed by atoms with E-state index >= 15 is 0 Å². The minimum Gasteiger partial charge on any atom is -0.390 e. The summed E-state index contributed by atoms with van der Waals surface area (Å²) in [6.45, 7) is 0. The Labute approximate surface area is 180 Å². The van der Waals surface area contributed by atoms with Crippen LogP contribution in [0.5, 0.6) is 0 Å². The van der Waals surface area contributed by atoms with Gasteiger partial charge in [0.2, 0.25) is 0 Å². The van der Waals surface area contributed by atoms with E-state index in [1.54, 1.807) is 0 Å². The van der Waals surface area contributed by atoms with E-state index in [4.69, 9.17) is 5.73 Å². The Morgan fingerprint density at radius 2 is 1.77 bits per heavy atom. The number of ketones is 1. The number of carbonyl (C=O) groups excluding carboxylic acids is 2. The predicted molar refractivity (Wildman–Crippen MR) is 120 cm³/mol. The van der Waals surface area contributed by atoms with Gasteiger partial charge in [0, 0.05) is 24.2 Å². The van der Waals surface area contributed by atoms with Crippen LogP contribution in [0, 0.1) is 10.1 Å². The topological polar surface area (TPSA) is 140 Å². The molecule has 1 aromatic heterocycles. The third kappa shape index (κ3) is 4.14. The third-order valence-electron chi connectivity index (χ3n) is 4.75. The monoisotopic (exact) mass is 435 g/mol. The molecule has 0 fully saturated rings. The number of Topliss-reactive ketones (excluding diaryl/α,β-unsaturated/α-hetero) is 1. The maximum atomic E-state index is 12.9. The normalized spacial score (nSPS) is 14.2. The quantitative estimate of drug-likeness (QED) is 0.411. The number of nitrogens with one attached hydrogen (secondary N) is 2. The van der Waals surface area contributed by atoms with Crippen molar-refractivity contribution < 1.29 is 14.5 Å². The average Bonchev–Trinajstić information content (AvgIpc) is 3.10. The number of benzene rings is 2. The summed E-state index contributed by atoms with van der Waals surface area (Å²) < 4.78 is 0. The molecule has 0 unspecified atom stereocenters. The molecule has 0 saturated carbocycles. The number of amides is 1. The first kappa shape index (κ1) is 20.2. The second-order valence-electron chi connectivity index (χ2n) is 6.77. The zero-order chi connectivity index (χ0) is 22.0. The summed E-state index contributed by atoms with van der Waals surface area (Å²) in [5.41, 5.74) is 11.3. The number of hydrogen-bond donors (Lipinski definition) is 3. The SMILES string of the molecule is Nc1sc2c(c1C(=O)Nc1ccc([N+](=O)[O-])cc1)CCC(=O)C2=NNc1ccccc1. The van der Waals surface area contributed by atoms with Gasteiger partial charge in [0.1, 0.15) is 5.71 Å². The molecule has 4 N–H and O–H groups in total. The van der Waals surface area contributed by atoms with E-state index in [0.717, 1.165) is 17.0 Å². The summed E-state index contributed by atoms with van der Waals surface area (Å²) in [5.74, 6) is -0.562. The second kappa shape index (κ2) is 8.36. The van der Waals surface area contributed by atoms with Crippen molar-refractivity contribution in [1.82, 2.24) is 0 Å². The Bertz CT molecular complexity index is 1200. The Morgan fingerprint density at radius 3 is 2.45 bits per heavy atom. The third-order valence-corrected chi connectivity index (χ3v) is 5.82. The fourth-order valence-corrected chi connectivity index (χ4v) is 4.37. The van der Waals surface area contributed by atoms with Crippen LogP contribution in [-0.2, 0) is 11.2 Å². The Hall–Kier alpha value is -4.05. The number of hydrazone groups is 1. The zero-order valence-corrected chi connectivity index (χ0v) is 16.9. The number of thiophene rings is 1. The molecule has 0 bridgehead atoms. The number of nitro groups is 1. The van der Waals surface area contributed by atoms with Crippen molar-refractivity contribution >= 4 is 50.8 Å². The van der Waals surface area contributed by atoms with E-state index in [9.17, 15) is 19.7 Å². The number of fused-ring (bicyclic) bond motifs is 1. The maximum absolute atomic E-state index is 12.9. The molecule has 0 saturated heterocycles. The highest BCUT2D eigenvalue weighted by Gasteiger charge is 2.32. The predicted octanol–water partition coefficient (Wildman–Crippen LogP) is 3.82. The molecule has 0 spiro atoms. The van der Waals surface area contributed by atoms with Crippen LogP contribution in [0.3, 0.4) is 0 Å². The zero-order valence-electron chi connectivity index (χ0n) is 16.1. The van der Waals surface area contributed by atoms with Crippen LogP contribution < -0.4 is 16.5 Å². The summed E-state index contributed by atoms with van der Waals surface area (Å²) in [6.07, 6.45) is 0.603. The average molecular weight is 435 g/mol. The lowest BCUT2D eigenvalue weighted by atomic mass is 9.93. The van der Waals surface area contributed by atoms with Crippen LogP contribution in [0.1, 0.15) is 27.2 Å². The lowest BCUT2D eigenvalue weighted by Gasteiger charge is -2.14. The molecule has 1 aliphatic rings. The Morgan fingerprint density at radius 1 is 1.06 bits per heavy atom. The van der Waals surface area contributed by atoms with Crippen molar-refractivity contribution in [3.63, 3.8) is 0 Å². The van der Waals surface area contributed by atoms with Crippen LogP contribution in [0.15, 0.2) is 59.7 Å². The molecule has 31 heavy (non-hydrogen) atoms. The standard InChI is InChI=1S/C21H17N5O4S/c22-20-17(21(28)23-12-6-8-14(9-7-12)26(29)30)15-10-11-16(27)18(19(15)31-20)25-24-13-4-2-1-3-5-13/h1-9,24H,10-11,22H2,(H,23,28). The van der Waals surface area contributed by atoms with E-state index in [1.807, 2.05) is 30.3 Å². The highest BCUT2D eigenvalue weighted by molar-refractivity contribution is 7.19. The number of nitrogen functional groups attached to an aromatic ring is 1. The molecule has 1 heterocycles. The van der Waals surface area contributed by atoms with Gasteiger partial charge < -0.3 is 11.1 Å². The van der Waals surface area contributed by atoms with Gasteiger partial charge in [-0.25, -0.2) is 0 Å². The highest BCUT2D eigenvalue weighted by atomic mass is 32.1. The summed E-state index contributed by atoms with van der Waals surface area (Å²) in [4.78, 5) is 36.2. The van der Waals surface area contributed by atoms with Crippen molar-refractivity contribution in [2.45, 2.75) is 12.8 Å². The fourth-order valence-electron chi connectivity index (χ4n) is 3.25. The Kier molecular flexibility index (Phi) is 5.46. The van der Waals surface area contributed by atoms with Crippen LogP contribution in [0.25, 0.3) is 0 Å². The molecular weight excluding hydrogens is 418 g/mol. The molecule has 1 aliphatic carbocycles. The number of nitrogens with zero attached hydrogens (tertiary/aromatic N) is 2. The summed E-state index contributed by atoms with van der Waals surface area (Å²) in [7, 11) is 0. The molecule has 4 rings (SSSR count). The largest absolute Gasteiger partial charge is 0.390 e. The molecule has 2 aromatic carbocycles. The smallest absolute Gasteiger partial charge is 0.269 e. The highest BCUT2D eigenvalue weighted by Crippen LogP contribution is 2.36. The van der Waals surface area contributed by atoms with Gasteiger partial charge in [-0.2, -0.15) is 5.10 Å². The summed E-state index contributed by atoms with van der Waals surface area (Å²) >= 11 is 1.15. The maximum Gasteiger partial charge on any atom is 0.269 e. The first-order chi connectivity index (χ1) is 14.9. The first-order valence-corrected chi connectivity index (χ1v) is 10.1. The molecule has 1 amide bonds. The van der Waals surface area contributed by atoms with E-state index in [1.165, 1.54) is 24.3 Å². The number of anilines is 3. The van der Waals surface area contributed by atoms with Crippen molar-refractivity contribution in [2.75, 3.05) is 16.5 Å². The summed E-state index contributed by atoms with van der Waals surface area (Å²) in [5, 5.41) is 18.1. The van der Waals surface area contributed by atoms with Gasteiger partial charge in [-0.1, -0.05) is 18.2 Å². The molecule has 10 heteroatoms.